The molecule has 3 rings (SSSR count). The molecule has 116 valence electrons. The van der Waals surface area contributed by atoms with Gasteiger partial charge in [0.25, 0.3) is 0 Å². The second-order valence-electron chi connectivity index (χ2n) is 6.45. The SMILES string of the molecule is NOC1(O)CCCCC1N1CCC(c2ccccc2)CC1. The Kier molecular flexibility index (Phi) is 4.60. The number of hydrogen-bond acceptors (Lipinski definition) is 4. The molecule has 0 spiro atoms. The fraction of sp³-hybridized carbons (Fsp3) is 0.647. The van der Waals surface area contributed by atoms with E-state index in [0.717, 1.165) is 45.2 Å². The molecule has 1 saturated heterocycles. The lowest BCUT2D eigenvalue weighted by Crippen LogP contribution is -2.58. The van der Waals surface area contributed by atoms with Crippen molar-refractivity contribution in [2.24, 2.45) is 5.90 Å². The Bertz CT molecular complexity index is 445. The minimum atomic E-state index is -1.15. The van der Waals surface area contributed by atoms with Gasteiger partial charge in [-0.15, -0.1) is 0 Å². The van der Waals surface area contributed by atoms with E-state index < -0.39 is 5.79 Å². The van der Waals surface area contributed by atoms with Gasteiger partial charge < -0.3 is 5.11 Å². The highest BCUT2D eigenvalue weighted by molar-refractivity contribution is 5.20. The van der Waals surface area contributed by atoms with Gasteiger partial charge >= 0.3 is 0 Å². The average Bonchev–Trinajstić information content (AvgIpc) is 2.56. The lowest BCUT2D eigenvalue weighted by atomic mass is 9.84. The van der Waals surface area contributed by atoms with Crippen LogP contribution in [0.2, 0.25) is 0 Å². The lowest BCUT2D eigenvalue weighted by molar-refractivity contribution is -0.259. The summed E-state index contributed by atoms with van der Waals surface area (Å²) in [6.07, 6.45) is 6.04. The van der Waals surface area contributed by atoms with E-state index in [0.29, 0.717) is 12.3 Å². The smallest absolute Gasteiger partial charge is 0.200 e. The number of likely N-dealkylation sites (tertiary alicyclic amines) is 1. The van der Waals surface area contributed by atoms with Crippen molar-refractivity contribution in [3.63, 3.8) is 0 Å². The zero-order valence-electron chi connectivity index (χ0n) is 12.6. The zero-order valence-corrected chi connectivity index (χ0v) is 12.6. The number of nitrogens with zero attached hydrogens (tertiary/aromatic N) is 1. The third kappa shape index (κ3) is 3.14. The van der Waals surface area contributed by atoms with Gasteiger partial charge in [0.05, 0.1) is 6.04 Å². The van der Waals surface area contributed by atoms with Crippen LogP contribution in [0.4, 0.5) is 0 Å². The second kappa shape index (κ2) is 6.44. The summed E-state index contributed by atoms with van der Waals surface area (Å²) in [6, 6.07) is 10.8. The van der Waals surface area contributed by atoms with Crippen molar-refractivity contribution in [3.8, 4) is 0 Å². The topological polar surface area (TPSA) is 58.7 Å². The molecule has 2 fully saturated rings. The first-order chi connectivity index (χ1) is 10.2. The highest BCUT2D eigenvalue weighted by Gasteiger charge is 2.44. The van der Waals surface area contributed by atoms with Crippen molar-refractivity contribution in [1.29, 1.82) is 0 Å². The quantitative estimate of drug-likeness (QED) is 0.663. The Morgan fingerprint density at radius 2 is 1.81 bits per heavy atom. The van der Waals surface area contributed by atoms with Crippen molar-refractivity contribution in [1.82, 2.24) is 4.90 Å². The summed E-state index contributed by atoms with van der Waals surface area (Å²) in [6.45, 7) is 2.02. The van der Waals surface area contributed by atoms with Crippen molar-refractivity contribution < 1.29 is 9.94 Å². The van der Waals surface area contributed by atoms with Crippen LogP contribution in [0.25, 0.3) is 0 Å². The first-order valence-corrected chi connectivity index (χ1v) is 8.12. The molecule has 4 heteroatoms. The molecule has 4 nitrogen and oxygen atoms in total. The summed E-state index contributed by atoms with van der Waals surface area (Å²) in [7, 11) is 0. The highest BCUT2D eigenvalue weighted by Crippen LogP contribution is 2.36. The Hall–Kier alpha value is -0.940. The molecule has 0 bridgehead atoms. The molecule has 2 atom stereocenters. The normalized spacial score (nSPS) is 32.2. The van der Waals surface area contributed by atoms with Gasteiger partial charge in [-0.05, 0) is 50.3 Å². The predicted octanol–water partition coefficient (Wildman–Crippen LogP) is 2.39. The van der Waals surface area contributed by atoms with Crippen molar-refractivity contribution in [3.05, 3.63) is 35.9 Å². The van der Waals surface area contributed by atoms with Gasteiger partial charge in [0, 0.05) is 6.42 Å². The molecule has 1 aromatic rings. The van der Waals surface area contributed by atoms with Gasteiger partial charge in [-0.25, -0.2) is 5.90 Å². The van der Waals surface area contributed by atoms with Crippen molar-refractivity contribution in [2.75, 3.05) is 13.1 Å². The maximum absolute atomic E-state index is 10.6. The van der Waals surface area contributed by atoms with E-state index in [1.807, 2.05) is 0 Å². The monoisotopic (exact) mass is 290 g/mol. The van der Waals surface area contributed by atoms with E-state index in [2.05, 4.69) is 35.2 Å². The van der Waals surface area contributed by atoms with Gasteiger partial charge in [-0.1, -0.05) is 36.8 Å². The van der Waals surface area contributed by atoms with Crippen LogP contribution < -0.4 is 5.90 Å². The number of hydrogen-bond donors (Lipinski definition) is 2. The molecule has 1 saturated carbocycles. The Balaban J connectivity index is 1.62. The summed E-state index contributed by atoms with van der Waals surface area (Å²) in [5.41, 5.74) is 1.44. The molecule has 1 aliphatic carbocycles. The second-order valence-corrected chi connectivity index (χ2v) is 6.45. The van der Waals surface area contributed by atoms with E-state index in [1.165, 1.54) is 5.56 Å². The van der Waals surface area contributed by atoms with E-state index in [-0.39, 0.29) is 6.04 Å². The Morgan fingerprint density at radius 1 is 1.10 bits per heavy atom. The minimum Gasteiger partial charge on any atom is -0.363 e. The highest BCUT2D eigenvalue weighted by atomic mass is 16.7. The van der Waals surface area contributed by atoms with Crippen molar-refractivity contribution in [2.45, 2.75) is 56.3 Å². The van der Waals surface area contributed by atoms with Crippen LogP contribution in [0, 0.1) is 0 Å². The Morgan fingerprint density at radius 3 is 2.48 bits per heavy atom. The minimum absolute atomic E-state index is 0.0490. The molecule has 1 aromatic carbocycles. The van der Waals surface area contributed by atoms with Gasteiger partial charge in [-0.2, -0.15) is 0 Å². The van der Waals surface area contributed by atoms with Crippen LogP contribution in [0.1, 0.15) is 50.0 Å². The molecular weight excluding hydrogens is 264 g/mol. The van der Waals surface area contributed by atoms with Gasteiger partial charge in [0.2, 0.25) is 0 Å². The number of rotatable bonds is 3. The molecule has 0 radical (unpaired) electrons. The lowest BCUT2D eigenvalue weighted by Gasteiger charge is -2.46. The summed E-state index contributed by atoms with van der Waals surface area (Å²) in [5.74, 6) is 4.86. The molecule has 21 heavy (non-hydrogen) atoms. The van der Waals surface area contributed by atoms with Crippen LogP contribution in [0.5, 0.6) is 0 Å². The van der Waals surface area contributed by atoms with Crippen LogP contribution in [0.3, 0.4) is 0 Å². The zero-order chi connectivity index (χ0) is 14.7. The summed E-state index contributed by atoms with van der Waals surface area (Å²) in [5, 5.41) is 10.6. The molecular formula is C17H26N2O2. The first-order valence-electron chi connectivity index (χ1n) is 8.12. The van der Waals surface area contributed by atoms with E-state index in [1.54, 1.807) is 0 Å². The molecule has 1 aliphatic heterocycles. The summed E-state index contributed by atoms with van der Waals surface area (Å²) in [4.78, 5) is 7.35. The van der Waals surface area contributed by atoms with Gasteiger partial charge in [0.1, 0.15) is 0 Å². The molecule has 3 N–H and O–H groups in total. The van der Waals surface area contributed by atoms with Crippen LogP contribution in [0.15, 0.2) is 30.3 Å². The van der Waals surface area contributed by atoms with Crippen LogP contribution >= 0.6 is 0 Å². The van der Waals surface area contributed by atoms with Crippen molar-refractivity contribution >= 4 is 0 Å². The Labute approximate surface area is 126 Å². The molecule has 2 unspecified atom stereocenters. The average molecular weight is 290 g/mol. The number of piperidine rings is 1. The molecule has 2 aliphatic rings. The van der Waals surface area contributed by atoms with Gasteiger partial charge in [0.15, 0.2) is 5.79 Å². The first kappa shape index (κ1) is 15.0. The predicted molar refractivity (Wildman–Crippen MR) is 82.5 cm³/mol. The van der Waals surface area contributed by atoms with Crippen LogP contribution in [-0.2, 0) is 4.84 Å². The molecule has 1 heterocycles. The standard InChI is InChI=1S/C17H26N2O2/c18-21-17(20)11-5-4-8-16(17)19-12-9-15(10-13-19)14-6-2-1-3-7-14/h1-3,6-7,15-16,20H,4-5,8-13,18H2. The number of benzene rings is 1. The summed E-state index contributed by atoms with van der Waals surface area (Å²) >= 11 is 0. The fourth-order valence-electron chi connectivity index (χ4n) is 3.98. The van der Waals surface area contributed by atoms with E-state index >= 15 is 0 Å². The van der Waals surface area contributed by atoms with Crippen LogP contribution in [-0.4, -0.2) is 34.9 Å². The fourth-order valence-corrected chi connectivity index (χ4v) is 3.98. The van der Waals surface area contributed by atoms with Gasteiger partial charge in [-0.3, -0.25) is 9.74 Å². The largest absolute Gasteiger partial charge is 0.363 e. The van der Waals surface area contributed by atoms with E-state index in [9.17, 15) is 5.11 Å². The number of aliphatic hydroxyl groups is 1. The third-order valence-corrected chi connectivity index (χ3v) is 5.23. The third-order valence-electron chi connectivity index (χ3n) is 5.23. The molecule has 0 aromatic heterocycles. The maximum Gasteiger partial charge on any atom is 0.200 e. The summed E-state index contributed by atoms with van der Waals surface area (Å²) < 4.78 is 0. The van der Waals surface area contributed by atoms with E-state index in [4.69, 9.17) is 10.7 Å². The number of nitrogens with two attached hydrogens (primary N) is 1. The molecule has 0 amide bonds. The maximum atomic E-state index is 10.6.